The third-order valence-electron chi connectivity index (χ3n) is 7.79. The lowest BCUT2D eigenvalue weighted by atomic mass is 9.84. The number of rotatable bonds is 3. The van der Waals surface area contributed by atoms with Crippen molar-refractivity contribution < 1.29 is 14.3 Å². The van der Waals surface area contributed by atoms with Gasteiger partial charge in [0.2, 0.25) is 11.8 Å². The van der Waals surface area contributed by atoms with Crippen molar-refractivity contribution in [2.75, 3.05) is 32.8 Å². The van der Waals surface area contributed by atoms with Crippen LogP contribution >= 0.6 is 0 Å². The average Bonchev–Trinajstić information content (AvgIpc) is 3.25. The van der Waals surface area contributed by atoms with Crippen LogP contribution in [0.15, 0.2) is 24.3 Å². The Kier molecular flexibility index (Phi) is 5.10. The SMILES string of the molecule is Cc1ccccc1[C@@H]1[C@H]2CN(C(=O)C3CCC3)C[C@H]2CN1C(=O)C1CCOCC1. The summed E-state index contributed by atoms with van der Waals surface area (Å²) in [5.41, 5.74) is 2.50. The Hall–Kier alpha value is -1.88. The molecule has 3 saturated heterocycles. The molecule has 0 spiro atoms. The summed E-state index contributed by atoms with van der Waals surface area (Å²) < 4.78 is 5.48. The monoisotopic (exact) mass is 396 g/mol. The van der Waals surface area contributed by atoms with E-state index < -0.39 is 0 Å². The van der Waals surface area contributed by atoms with Crippen molar-refractivity contribution in [3.63, 3.8) is 0 Å². The number of hydrogen-bond acceptors (Lipinski definition) is 3. The molecular weight excluding hydrogens is 364 g/mol. The Morgan fingerprint density at radius 1 is 0.931 bits per heavy atom. The smallest absolute Gasteiger partial charge is 0.226 e. The Morgan fingerprint density at radius 3 is 2.34 bits per heavy atom. The molecule has 5 heteroatoms. The molecule has 5 nitrogen and oxygen atoms in total. The van der Waals surface area contributed by atoms with Crippen LogP contribution in [0.2, 0.25) is 0 Å². The molecule has 1 aromatic rings. The van der Waals surface area contributed by atoms with Gasteiger partial charge >= 0.3 is 0 Å². The van der Waals surface area contributed by atoms with E-state index in [1.54, 1.807) is 0 Å². The molecule has 2 amide bonds. The van der Waals surface area contributed by atoms with E-state index in [4.69, 9.17) is 4.74 Å². The maximum absolute atomic E-state index is 13.5. The lowest BCUT2D eigenvalue weighted by Crippen LogP contribution is -2.43. The van der Waals surface area contributed by atoms with Gasteiger partial charge in [-0.25, -0.2) is 0 Å². The molecule has 0 N–H and O–H groups in total. The normalized spacial score (nSPS) is 30.3. The first kappa shape index (κ1) is 19.1. The third-order valence-corrected chi connectivity index (χ3v) is 7.79. The molecule has 3 aliphatic heterocycles. The summed E-state index contributed by atoms with van der Waals surface area (Å²) in [6.45, 7) is 5.93. The first-order valence-electron chi connectivity index (χ1n) is 11.4. The summed E-state index contributed by atoms with van der Waals surface area (Å²) in [5, 5.41) is 0. The summed E-state index contributed by atoms with van der Waals surface area (Å²) >= 11 is 0. The fourth-order valence-corrected chi connectivity index (χ4v) is 5.86. The number of likely N-dealkylation sites (tertiary alicyclic amines) is 2. The maximum Gasteiger partial charge on any atom is 0.226 e. The van der Waals surface area contributed by atoms with Crippen LogP contribution < -0.4 is 0 Å². The fourth-order valence-electron chi connectivity index (χ4n) is 5.86. The quantitative estimate of drug-likeness (QED) is 0.789. The highest BCUT2D eigenvalue weighted by Crippen LogP contribution is 2.47. The molecule has 5 rings (SSSR count). The van der Waals surface area contributed by atoms with Crippen LogP contribution in [-0.4, -0.2) is 54.5 Å². The minimum Gasteiger partial charge on any atom is -0.381 e. The van der Waals surface area contributed by atoms with E-state index in [0.717, 1.165) is 45.3 Å². The van der Waals surface area contributed by atoms with Gasteiger partial charge < -0.3 is 14.5 Å². The van der Waals surface area contributed by atoms with Gasteiger partial charge in [0, 0.05) is 56.5 Å². The van der Waals surface area contributed by atoms with Crippen LogP contribution in [0.4, 0.5) is 0 Å². The number of aryl methyl sites for hydroxylation is 1. The van der Waals surface area contributed by atoms with Crippen molar-refractivity contribution in [2.45, 2.75) is 45.1 Å². The summed E-state index contributed by atoms with van der Waals surface area (Å²) in [6, 6.07) is 8.57. The van der Waals surface area contributed by atoms with Crippen molar-refractivity contribution in [1.29, 1.82) is 0 Å². The molecule has 1 saturated carbocycles. The Bertz CT molecular complexity index is 784. The molecule has 3 atom stereocenters. The van der Waals surface area contributed by atoms with E-state index in [9.17, 15) is 9.59 Å². The van der Waals surface area contributed by atoms with E-state index >= 15 is 0 Å². The van der Waals surface area contributed by atoms with Gasteiger partial charge in [-0.1, -0.05) is 30.7 Å². The second-order valence-corrected chi connectivity index (χ2v) is 9.47. The Morgan fingerprint density at radius 2 is 1.66 bits per heavy atom. The largest absolute Gasteiger partial charge is 0.381 e. The molecule has 0 radical (unpaired) electrons. The molecule has 0 unspecified atom stereocenters. The lowest BCUT2D eigenvalue weighted by molar-refractivity contribution is -0.140. The maximum atomic E-state index is 13.5. The molecule has 3 heterocycles. The number of carbonyl (C=O) groups excluding carboxylic acids is 2. The molecule has 4 aliphatic rings. The van der Waals surface area contributed by atoms with Crippen LogP contribution in [0, 0.1) is 30.6 Å². The fraction of sp³-hybridized carbons (Fsp3) is 0.667. The highest BCUT2D eigenvalue weighted by Gasteiger charge is 2.51. The van der Waals surface area contributed by atoms with E-state index in [2.05, 4.69) is 41.0 Å². The van der Waals surface area contributed by atoms with Crippen LogP contribution in [0.25, 0.3) is 0 Å². The standard InChI is InChI=1S/C24H32N2O3/c1-16-5-2-3-8-20(16)22-21-15-25(23(27)17-6-4-7-17)13-19(21)14-26(22)24(28)18-9-11-29-12-10-18/h2-3,5,8,17-19,21-22H,4,6-7,9-15H2,1H3/t19-,21-,22+/m0/s1. The predicted molar refractivity (Wildman–Crippen MR) is 110 cm³/mol. The van der Waals surface area contributed by atoms with Crippen LogP contribution in [0.3, 0.4) is 0 Å². The number of benzene rings is 1. The summed E-state index contributed by atoms with van der Waals surface area (Å²) in [4.78, 5) is 30.6. The van der Waals surface area contributed by atoms with Gasteiger partial charge in [-0.05, 0) is 43.7 Å². The predicted octanol–water partition coefficient (Wildman–Crippen LogP) is 3.18. The second-order valence-electron chi connectivity index (χ2n) is 9.47. The van der Waals surface area contributed by atoms with Crippen molar-refractivity contribution in [1.82, 2.24) is 9.80 Å². The molecule has 29 heavy (non-hydrogen) atoms. The topological polar surface area (TPSA) is 49.9 Å². The highest BCUT2D eigenvalue weighted by atomic mass is 16.5. The number of hydrogen-bond donors (Lipinski definition) is 0. The van der Waals surface area contributed by atoms with Gasteiger partial charge in [-0.15, -0.1) is 0 Å². The minimum atomic E-state index is 0.0850. The first-order valence-corrected chi connectivity index (χ1v) is 11.4. The summed E-state index contributed by atoms with van der Waals surface area (Å²) in [5.74, 6) is 1.74. The Labute approximate surface area is 173 Å². The molecule has 0 aromatic heterocycles. The second kappa shape index (κ2) is 7.75. The molecule has 0 bridgehead atoms. The summed E-state index contributed by atoms with van der Waals surface area (Å²) in [6.07, 6.45) is 4.96. The molecule has 1 aromatic carbocycles. The van der Waals surface area contributed by atoms with Crippen molar-refractivity contribution in [2.24, 2.45) is 23.7 Å². The molecule has 1 aliphatic carbocycles. The number of nitrogens with zero attached hydrogens (tertiary/aromatic N) is 2. The van der Waals surface area contributed by atoms with E-state index in [1.165, 1.54) is 17.5 Å². The number of fused-ring (bicyclic) bond motifs is 1. The van der Waals surface area contributed by atoms with Crippen molar-refractivity contribution in [3.05, 3.63) is 35.4 Å². The zero-order valence-electron chi connectivity index (χ0n) is 17.4. The van der Waals surface area contributed by atoms with Gasteiger partial charge in [0.25, 0.3) is 0 Å². The van der Waals surface area contributed by atoms with Gasteiger partial charge in [-0.2, -0.15) is 0 Å². The van der Waals surface area contributed by atoms with Crippen LogP contribution in [-0.2, 0) is 14.3 Å². The molecular formula is C24H32N2O3. The van der Waals surface area contributed by atoms with E-state index in [0.29, 0.717) is 36.9 Å². The molecule has 4 fully saturated rings. The molecule has 156 valence electrons. The van der Waals surface area contributed by atoms with Gasteiger partial charge in [0.05, 0.1) is 6.04 Å². The van der Waals surface area contributed by atoms with Crippen LogP contribution in [0.5, 0.6) is 0 Å². The average molecular weight is 397 g/mol. The lowest BCUT2D eigenvalue weighted by Gasteiger charge is -2.35. The first-order chi connectivity index (χ1) is 14.1. The van der Waals surface area contributed by atoms with E-state index in [-0.39, 0.29) is 17.9 Å². The van der Waals surface area contributed by atoms with Gasteiger partial charge in [0.1, 0.15) is 0 Å². The van der Waals surface area contributed by atoms with Crippen molar-refractivity contribution >= 4 is 11.8 Å². The summed E-state index contributed by atoms with van der Waals surface area (Å²) in [7, 11) is 0. The van der Waals surface area contributed by atoms with E-state index in [1.807, 2.05) is 0 Å². The Balaban J connectivity index is 1.41. The third kappa shape index (κ3) is 3.37. The number of ether oxygens (including phenoxy) is 1. The zero-order valence-corrected chi connectivity index (χ0v) is 17.4. The number of carbonyl (C=O) groups is 2. The highest BCUT2D eigenvalue weighted by molar-refractivity contribution is 5.81. The van der Waals surface area contributed by atoms with Gasteiger partial charge in [-0.3, -0.25) is 9.59 Å². The zero-order chi connectivity index (χ0) is 20.0. The van der Waals surface area contributed by atoms with Gasteiger partial charge in [0.15, 0.2) is 0 Å². The van der Waals surface area contributed by atoms with Crippen LogP contribution in [0.1, 0.15) is 49.3 Å². The van der Waals surface area contributed by atoms with Crippen molar-refractivity contribution in [3.8, 4) is 0 Å². The number of amides is 2. The minimum absolute atomic E-state index is 0.0850.